The number of ether oxygens (including phenoxy) is 1. The van der Waals surface area contributed by atoms with Crippen molar-refractivity contribution in [3.63, 3.8) is 0 Å². The molecule has 0 aliphatic heterocycles. The van der Waals surface area contributed by atoms with Crippen molar-refractivity contribution in [3.05, 3.63) is 187 Å². The summed E-state index contributed by atoms with van der Waals surface area (Å²) < 4.78 is 6.45. The lowest BCUT2D eigenvalue weighted by molar-refractivity contribution is 0.0792. The predicted molar refractivity (Wildman–Crippen MR) is 190 cm³/mol. The average Bonchev–Trinajstić information content (AvgIpc) is 3.13. The third-order valence-corrected chi connectivity index (χ3v) is 8.77. The van der Waals surface area contributed by atoms with Gasteiger partial charge in [-0.1, -0.05) is 158 Å². The van der Waals surface area contributed by atoms with E-state index >= 15 is 0 Å². The van der Waals surface area contributed by atoms with Gasteiger partial charge in [-0.25, -0.2) is 0 Å². The summed E-state index contributed by atoms with van der Waals surface area (Å²) in [6.07, 6.45) is -0.752. The Morgan fingerprint density at radius 1 is 0.435 bits per heavy atom. The highest BCUT2D eigenvalue weighted by Gasteiger charge is 2.24. The Labute approximate surface area is 268 Å². The highest BCUT2D eigenvalue weighted by molar-refractivity contribution is 6.21. The van der Waals surface area contributed by atoms with Crippen molar-refractivity contribution in [3.8, 4) is 28.0 Å². The van der Waals surface area contributed by atoms with Gasteiger partial charge >= 0.3 is 0 Å². The lowest BCUT2D eigenvalue weighted by Gasteiger charge is -2.20. The van der Waals surface area contributed by atoms with Gasteiger partial charge in [0.05, 0.1) is 0 Å². The summed E-state index contributed by atoms with van der Waals surface area (Å²) in [5, 5.41) is 7.28. The van der Waals surface area contributed by atoms with Gasteiger partial charge in [0.25, 0.3) is 0 Å². The molecule has 46 heavy (non-hydrogen) atoms. The van der Waals surface area contributed by atoms with Crippen molar-refractivity contribution < 1.29 is 9.53 Å². The van der Waals surface area contributed by atoms with Crippen LogP contribution in [0, 0.1) is 0 Å². The molecule has 8 aromatic carbocycles. The monoisotopic (exact) mass is 590 g/mol. The third-order valence-electron chi connectivity index (χ3n) is 8.77. The minimum absolute atomic E-state index is 0.0721. The number of hydrogen-bond donors (Lipinski definition) is 0. The molecule has 0 radical (unpaired) electrons. The Hall–Kier alpha value is -5.99. The molecule has 1 unspecified atom stereocenters. The summed E-state index contributed by atoms with van der Waals surface area (Å²) in [4.78, 5) is 13.6. The second-order valence-electron chi connectivity index (χ2n) is 11.6. The van der Waals surface area contributed by atoms with Gasteiger partial charge in [-0.15, -0.1) is 0 Å². The van der Waals surface area contributed by atoms with E-state index in [1.807, 2.05) is 72.8 Å². The number of carbonyl (C=O) groups excluding carboxylic acids is 1. The van der Waals surface area contributed by atoms with E-state index in [1.165, 1.54) is 49.0 Å². The van der Waals surface area contributed by atoms with Crippen LogP contribution in [0.5, 0.6) is 5.75 Å². The molecule has 0 saturated carbocycles. The summed E-state index contributed by atoms with van der Waals surface area (Å²) >= 11 is 0. The first kappa shape index (κ1) is 27.6. The number of fused-ring (bicyclic) bond motifs is 3. The van der Waals surface area contributed by atoms with Crippen molar-refractivity contribution in [1.29, 1.82) is 0 Å². The van der Waals surface area contributed by atoms with Crippen LogP contribution < -0.4 is 4.74 Å². The molecule has 0 N–H and O–H groups in total. The number of Topliss-reactive ketones (excluding diaryl/α,β-unsaturated/α-hetero) is 1. The molecule has 0 saturated heterocycles. The molecule has 8 aromatic rings. The van der Waals surface area contributed by atoms with E-state index in [-0.39, 0.29) is 5.78 Å². The molecule has 0 amide bonds. The van der Waals surface area contributed by atoms with Gasteiger partial charge < -0.3 is 4.74 Å². The molecule has 0 heterocycles. The molecule has 218 valence electrons. The molecule has 1 atom stereocenters. The molecular weight excluding hydrogens is 560 g/mol. The van der Waals surface area contributed by atoms with Crippen LogP contribution in [0.25, 0.3) is 54.6 Å². The first-order valence-corrected chi connectivity index (χ1v) is 15.6. The topological polar surface area (TPSA) is 26.3 Å². The van der Waals surface area contributed by atoms with Crippen LogP contribution in [-0.4, -0.2) is 5.78 Å². The van der Waals surface area contributed by atoms with Gasteiger partial charge in [-0.2, -0.15) is 0 Å². The highest BCUT2D eigenvalue weighted by Crippen LogP contribution is 2.44. The molecule has 0 aliphatic carbocycles. The van der Waals surface area contributed by atoms with E-state index in [9.17, 15) is 4.79 Å². The minimum atomic E-state index is -0.752. The van der Waals surface area contributed by atoms with E-state index in [1.54, 1.807) is 0 Å². The normalized spacial score (nSPS) is 11.9. The average molecular weight is 591 g/mol. The molecule has 2 heteroatoms. The number of benzene rings is 8. The molecule has 0 aliphatic rings. The van der Waals surface area contributed by atoms with E-state index < -0.39 is 6.10 Å². The molecular formula is C44H30O2. The van der Waals surface area contributed by atoms with Crippen molar-refractivity contribution in [2.75, 3.05) is 0 Å². The molecule has 0 fully saturated rings. The number of carbonyl (C=O) groups is 1. The maximum atomic E-state index is 13.6. The Morgan fingerprint density at radius 2 is 0.913 bits per heavy atom. The van der Waals surface area contributed by atoms with Crippen molar-refractivity contribution in [2.45, 2.75) is 6.10 Å². The standard InChI is InChI=1S/C44H30O2/c45-43(32-14-3-1-4-15-32)44(33-16-5-2-6-17-33)46-36-27-25-31(26-28-36)41-37-19-9-11-21-39(37)42(40-22-12-10-20-38(40)41)35-24-23-30-13-7-8-18-34(30)29-35/h1-29,44H. The first-order chi connectivity index (χ1) is 22.7. The SMILES string of the molecule is O=C(c1ccccc1)C(Oc1ccc(-c2c3ccccc3c(-c3ccc4ccccc4c3)c3ccccc23)cc1)c1ccccc1. The van der Waals surface area contributed by atoms with Crippen molar-refractivity contribution >= 4 is 38.1 Å². The quantitative estimate of drug-likeness (QED) is 0.136. The lowest BCUT2D eigenvalue weighted by Crippen LogP contribution is -2.19. The summed E-state index contributed by atoms with van der Waals surface area (Å²) in [5.41, 5.74) is 6.17. The van der Waals surface area contributed by atoms with Gasteiger partial charge in [-0.05, 0) is 72.8 Å². The molecule has 0 aromatic heterocycles. The predicted octanol–water partition coefficient (Wildman–Crippen LogP) is 11.5. The van der Waals surface area contributed by atoms with Crippen LogP contribution in [-0.2, 0) is 0 Å². The van der Waals surface area contributed by atoms with Crippen LogP contribution in [0.4, 0.5) is 0 Å². The van der Waals surface area contributed by atoms with Crippen LogP contribution >= 0.6 is 0 Å². The third kappa shape index (κ3) is 5.00. The summed E-state index contributed by atoms with van der Waals surface area (Å²) in [6, 6.07) is 59.8. The highest BCUT2D eigenvalue weighted by atomic mass is 16.5. The van der Waals surface area contributed by atoms with Crippen LogP contribution in [0.1, 0.15) is 22.0 Å². The van der Waals surface area contributed by atoms with E-state index in [2.05, 4.69) is 103 Å². The fourth-order valence-electron chi connectivity index (χ4n) is 6.59. The summed E-state index contributed by atoms with van der Waals surface area (Å²) in [7, 11) is 0. The fourth-order valence-corrected chi connectivity index (χ4v) is 6.59. The van der Waals surface area contributed by atoms with E-state index in [0.717, 1.165) is 11.1 Å². The Kier molecular flexibility index (Phi) is 7.09. The van der Waals surface area contributed by atoms with Gasteiger partial charge in [0, 0.05) is 11.1 Å². The van der Waals surface area contributed by atoms with E-state index in [4.69, 9.17) is 4.74 Å². The minimum Gasteiger partial charge on any atom is -0.478 e. The molecule has 8 rings (SSSR count). The largest absolute Gasteiger partial charge is 0.478 e. The van der Waals surface area contributed by atoms with Gasteiger partial charge in [-0.3, -0.25) is 4.79 Å². The number of ketones is 1. The second-order valence-corrected chi connectivity index (χ2v) is 11.6. The number of hydrogen-bond acceptors (Lipinski definition) is 2. The van der Waals surface area contributed by atoms with Gasteiger partial charge in [0.15, 0.2) is 6.10 Å². The van der Waals surface area contributed by atoms with Crippen molar-refractivity contribution in [1.82, 2.24) is 0 Å². The van der Waals surface area contributed by atoms with Gasteiger partial charge in [0.2, 0.25) is 5.78 Å². The lowest BCUT2D eigenvalue weighted by atomic mass is 9.85. The smallest absolute Gasteiger partial charge is 0.207 e. The number of rotatable bonds is 7. The maximum Gasteiger partial charge on any atom is 0.207 e. The van der Waals surface area contributed by atoms with Gasteiger partial charge in [0.1, 0.15) is 5.75 Å². The van der Waals surface area contributed by atoms with Crippen LogP contribution in [0.15, 0.2) is 176 Å². The Morgan fingerprint density at radius 3 is 1.52 bits per heavy atom. The Balaban J connectivity index is 1.23. The zero-order valence-corrected chi connectivity index (χ0v) is 25.1. The Bertz CT molecular complexity index is 2280. The first-order valence-electron chi connectivity index (χ1n) is 15.6. The molecule has 0 spiro atoms. The summed E-state index contributed by atoms with van der Waals surface area (Å²) in [6.45, 7) is 0. The van der Waals surface area contributed by atoms with Crippen LogP contribution in [0.3, 0.4) is 0 Å². The van der Waals surface area contributed by atoms with Crippen LogP contribution in [0.2, 0.25) is 0 Å². The molecule has 2 nitrogen and oxygen atoms in total. The van der Waals surface area contributed by atoms with Crippen molar-refractivity contribution in [2.24, 2.45) is 0 Å². The molecule has 0 bridgehead atoms. The maximum absolute atomic E-state index is 13.6. The summed E-state index contributed by atoms with van der Waals surface area (Å²) in [5.74, 6) is 0.570. The zero-order valence-electron chi connectivity index (χ0n) is 25.1. The second kappa shape index (κ2) is 11.8. The zero-order chi connectivity index (χ0) is 30.9. The van der Waals surface area contributed by atoms with E-state index in [0.29, 0.717) is 11.3 Å². The fraction of sp³-hybridized carbons (Fsp3) is 0.0227.